The van der Waals surface area contributed by atoms with E-state index in [4.69, 9.17) is 4.42 Å². The molecule has 0 saturated carbocycles. The normalized spacial score (nSPS) is 11.3. The lowest BCUT2D eigenvalue weighted by atomic mass is 9.92. The Labute approximate surface area is 314 Å². The summed E-state index contributed by atoms with van der Waals surface area (Å²) in [5, 5.41) is 4.55. The maximum atomic E-state index is 6.93. The van der Waals surface area contributed by atoms with E-state index >= 15 is 0 Å². The highest BCUT2D eigenvalue weighted by atomic mass is 16.3. The second kappa shape index (κ2) is 13.4. The smallest absolute Gasteiger partial charge is 0.145 e. The molecule has 0 aliphatic carbocycles. The zero-order valence-corrected chi connectivity index (χ0v) is 29.6. The van der Waals surface area contributed by atoms with Gasteiger partial charge in [-0.2, -0.15) is 0 Å². The van der Waals surface area contributed by atoms with Gasteiger partial charge in [0.2, 0.25) is 0 Å². The lowest BCUT2D eigenvalue weighted by molar-refractivity contribution is 0.670. The van der Waals surface area contributed by atoms with Crippen molar-refractivity contribution in [3.63, 3.8) is 0 Å². The van der Waals surface area contributed by atoms with Crippen LogP contribution in [0, 0.1) is 0 Å². The minimum atomic E-state index is 0.862. The van der Waals surface area contributed by atoms with Gasteiger partial charge in [-0.05, 0) is 68.9 Å². The van der Waals surface area contributed by atoms with Crippen molar-refractivity contribution in [1.82, 2.24) is 0 Å². The molecule has 0 radical (unpaired) electrons. The zero-order valence-electron chi connectivity index (χ0n) is 29.6. The third-order valence-corrected chi connectivity index (χ3v) is 10.5. The van der Waals surface area contributed by atoms with Crippen LogP contribution in [-0.4, -0.2) is 0 Å². The number of fused-ring (bicyclic) bond motifs is 4. The molecule has 0 unspecified atom stereocenters. The fraction of sp³-hybridized carbons (Fsp3) is 0. The van der Waals surface area contributed by atoms with Crippen LogP contribution >= 0.6 is 0 Å². The third-order valence-electron chi connectivity index (χ3n) is 10.5. The molecule has 2 nitrogen and oxygen atoms in total. The number of para-hydroxylation sites is 3. The van der Waals surface area contributed by atoms with Crippen LogP contribution in [0.1, 0.15) is 0 Å². The standard InChI is InChI=1S/C52H35NO/c1-3-18-36(19-4-1)39-25-9-10-27-42(39)44-28-12-15-32-48(44)53(47-31-14-11-26-41(47)38-20-5-2-6-21-38)49-35-34-45(43-30-17-23-37-22-7-8-24-40(37)43)52-51(49)46-29-13-16-33-50(46)54-52/h1-35H. The van der Waals surface area contributed by atoms with Crippen LogP contribution < -0.4 is 4.90 Å². The van der Waals surface area contributed by atoms with Crippen molar-refractivity contribution in [3.8, 4) is 44.5 Å². The predicted octanol–water partition coefficient (Wildman–Crippen LogP) is 14.9. The summed E-state index contributed by atoms with van der Waals surface area (Å²) in [6.07, 6.45) is 0. The molecule has 0 bridgehead atoms. The first-order valence-electron chi connectivity index (χ1n) is 18.4. The molecule has 54 heavy (non-hydrogen) atoms. The Morgan fingerprint density at radius 2 is 0.815 bits per heavy atom. The van der Waals surface area contributed by atoms with Gasteiger partial charge in [0.1, 0.15) is 11.2 Å². The molecule has 0 aliphatic rings. The topological polar surface area (TPSA) is 16.4 Å². The molecule has 10 rings (SSSR count). The van der Waals surface area contributed by atoms with Crippen LogP contribution in [0.2, 0.25) is 0 Å². The van der Waals surface area contributed by atoms with Gasteiger partial charge in [-0.1, -0.05) is 182 Å². The molecule has 1 heterocycles. The molecule has 2 heteroatoms. The Balaban J connectivity index is 1.31. The van der Waals surface area contributed by atoms with Crippen LogP contribution in [0.3, 0.4) is 0 Å². The van der Waals surface area contributed by atoms with Crippen molar-refractivity contribution < 1.29 is 4.42 Å². The van der Waals surface area contributed by atoms with Gasteiger partial charge < -0.3 is 9.32 Å². The highest BCUT2D eigenvalue weighted by molar-refractivity contribution is 6.19. The number of hydrogen-bond donors (Lipinski definition) is 0. The van der Waals surface area contributed by atoms with E-state index in [9.17, 15) is 0 Å². The number of hydrogen-bond acceptors (Lipinski definition) is 2. The summed E-state index contributed by atoms with van der Waals surface area (Å²) < 4.78 is 6.93. The minimum absolute atomic E-state index is 0.862. The number of furan rings is 1. The first-order chi connectivity index (χ1) is 26.8. The SMILES string of the molecule is c1ccc(-c2ccccc2-c2ccccc2N(c2ccccc2-c2ccccc2)c2ccc(-c3cccc4ccccc34)c3oc4ccccc4c23)cc1. The first kappa shape index (κ1) is 31.6. The van der Waals surface area contributed by atoms with Gasteiger partial charge >= 0.3 is 0 Å². The van der Waals surface area contributed by atoms with Crippen molar-refractivity contribution >= 4 is 49.8 Å². The third kappa shape index (κ3) is 5.36. The van der Waals surface area contributed by atoms with Crippen molar-refractivity contribution in [2.24, 2.45) is 0 Å². The fourth-order valence-corrected chi connectivity index (χ4v) is 8.07. The summed E-state index contributed by atoms with van der Waals surface area (Å²) >= 11 is 0. The molecular formula is C52H35NO. The quantitative estimate of drug-likeness (QED) is 0.166. The highest BCUT2D eigenvalue weighted by Crippen LogP contribution is 2.51. The largest absolute Gasteiger partial charge is 0.455 e. The van der Waals surface area contributed by atoms with Gasteiger partial charge in [0.05, 0.1) is 22.4 Å². The number of rotatable bonds is 7. The van der Waals surface area contributed by atoms with E-state index in [0.717, 1.165) is 66.8 Å². The van der Waals surface area contributed by atoms with Crippen LogP contribution in [0.25, 0.3) is 77.2 Å². The Kier molecular flexibility index (Phi) is 7.85. The molecular weight excluding hydrogens is 655 g/mol. The molecule has 254 valence electrons. The highest BCUT2D eigenvalue weighted by Gasteiger charge is 2.26. The van der Waals surface area contributed by atoms with Crippen molar-refractivity contribution in [2.45, 2.75) is 0 Å². The molecule has 9 aromatic carbocycles. The van der Waals surface area contributed by atoms with E-state index in [1.807, 2.05) is 0 Å². The monoisotopic (exact) mass is 689 g/mol. The Hall–Kier alpha value is -7.16. The zero-order chi connectivity index (χ0) is 35.8. The molecule has 0 spiro atoms. The number of anilines is 3. The molecule has 10 aromatic rings. The van der Waals surface area contributed by atoms with Gasteiger partial charge in [-0.25, -0.2) is 0 Å². The van der Waals surface area contributed by atoms with E-state index in [2.05, 4.69) is 217 Å². The molecule has 0 atom stereocenters. The summed E-state index contributed by atoms with van der Waals surface area (Å²) in [7, 11) is 0. The molecule has 0 saturated heterocycles. The fourth-order valence-electron chi connectivity index (χ4n) is 8.07. The average molecular weight is 690 g/mol. The summed E-state index contributed by atoms with van der Waals surface area (Å²) in [4.78, 5) is 2.45. The summed E-state index contributed by atoms with van der Waals surface area (Å²) in [5.74, 6) is 0. The second-order valence-corrected chi connectivity index (χ2v) is 13.6. The Morgan fingerprint density at radius 1 is 0.296 bits per heavy atom. The minimum Gasteiger partial charge on any atom is -0.455 e. The lowest BCUT2D eigenvalue weighted by Gasteiger charge is -2.31. The van der Waals surface area contributed by atoms with Crippen LogP contribution in [0.15, 0.2) is 217 Å². The van der Waals surface area contributed by atoms with Gasteiger partial charge in [-0.3, -0.25) is 0 Å². The van der Waals surface area contributed by atoms with E-state index in [1.54, 1.807) is 0 Å². The first-order valence-corrected chi connectivity index (χ1v) is 18.4. The van der Waals surface area contributed by atoms with E-state index in [-0.39, 0.29) is 0 Å². The van der Waals surface area contributed by atoms with Gasteiger partial charge in [0, 0.05) is 22.1 Å². The van der Waals surface area contributed by atoms with Crippen LogP contribution in [-0.2, 0) is 0 Å². The summed E-state index contributed by atoms with van der Waals surface area (Å²) in [6.45, 7) is 0. The van der Waals surface area contributed by atoms with E-state index in [0.29, 0.717) is 0 Å². The summed E-state index contributed by atoms with van der Waals surface area (Å²) in [5.41, 5.74) is 14.1. The number of nitrogens with zero attached hydrogens (tertiary/aromatic N) is 1. The van der Waals surface area contributed by atoms with Crippen molar-refractivity contribution in [3.05, 3.63) is 212 Å². The van der Waals surface area contributed by atoms with Crippen LogP contribution in [0.4, 0.5) is 17.1 Å². The van der Waals surface area contributed by atoms with E-state index < -0.39 is 0 Å². The van der Waals surface area contributed by atoms with Gasteiger partial charge in [0.25, 0.3) is 0 Å². The molecule has 1 aromatic heterocycles. The summed E-state index contributed by atoms with van der Waals surface area (Å²) in [6, 6.07) is 75.8. The van der Waals surface area contributed by atoms with E-state index in [1.165, 1.54) is 27.5 Å². The average Bonchev–Trinajstić information content (AvgIpc) is 3.65. The Bertz CT molecular complexity index is 2940. The maximum Gasteiger partial charge on any atom is 0.145 e. The van der Waals surface area contributed by atoms with Crippen molar-refractivity contribution in [1.29, 1.82) is 0 Å². The van der Waals surface area contributed by atoms with Gasteiger partial charge in [0.15, 0.2) is 0 Å². The molecule has 0 amide bonds. The van der Waals surface area contributed by atoms with Gasteiger partial charge in [-0.15, -0.1) is 0 Å². The molecule has 0 N–H and O–H groups in total. The molecule has 0 aliphatic heterocycles. The Morgan fingerprint density at radius 3 is 1.57 bits per heavy atom. The number of benzene rings is 9. The maximum absolute atomic E-state index is 6.93. The lowest BCUT2D eigenvalue weighted by Crippen LogP contribution is -2.13. The predicted molar refractivity (Wildman–Crippen MR) is 228 cm³/mol. The van der Waals surface area contributed by atoms with Crippen molar-refractivity contribution in [2.75, 3.05) is 4.90 Å². The molecule has 0 fully saturated rings. The van der Waals surface area contributed by atoms with Crippen LogP contribution in [0.5, 0.6) is 0 Å². The second-order valence-electron chi connectivity index (χ2n) is 13.6.